The van der Waals surface area contributed by atoms with Crippen LogP contribution in [0.15, 0.2) is 24.5 Å². The molecule has 0 saturated heterocycles. The molecule has 0 amide bonds. The first-order valence-electron chi connectivity index (χ1n) is 6.41. The maximum absolute atomic E-state index is 10.6. The molecule has 0 aliphatic heterocycles. The van der Waals surface area contributed by atoms with E-state index < -0.39 is 6.10 Å². The van der Waals surface area contributed by atoms with Gasteiger partial charge in [-0.3, -0.25) is 9.67 Å². The predicted molar refractivity (Wildman–Crippen MR) is 75.3 cm³/mol. The lowest BCUT2D eigenvalue weighted by Crippen LogP contribution is -2.14. The van der Waals surface area contributed by atoms with Crippen LogP contribution in [0.4, 0.5) is 0 Å². The van der Waals surface area contributed by atoms with Gasteiger partial charge < -0.3 is 5.11 Å². The van der Waals surface area contributed by atoms with Crippen LogP contribution in [-0.2, 0) is 6.42 Å². The molecule has 4 nitrogen and oxygen atoms in total. The van der Waals surface area contributed by atoms with Crippen molar-refractivity contribution in [2.45, 2.75) is 39.3 Å². The highest BCUT2D eigenvalue weighted by molar-refractivity contribution is 6.31. The van der Waals surface area contributed by atoms with Crippen LogP contribution in [-0.4, -0.2) is 19.9 Å². The molecule has 2 rings (SSSR count). The minimum absolute atomic E-state index is 0.130. The van der Waals surface area contributed by atoms with Gasteiger partial charge in [-0.25, -0.2) is 0 Å². The summed E-state index contributed by atoms with van der Waals surface area (Å²) in [4.78, 5) is 4.30. The summed E-state index contributed by atoms with van der Waals surface area (Å²) in [6, 6.07) is 3.97. The smallest absolute Gasteiger partial charge is 0.139 e. The van der Waals surface area contributed by atoms with Crippen molar-refractivity contribution >= 4 is 11.6 Å². The Morgan fingerprint density at radius 2 is 2.16 bits per heavy atom. The Bertz CT molecular complexity index is 566. The first kappa shape index (κ1) is 14.0. The van der Waals surface area contributed by atoms with E-state index in [9.17, 15) is 5.11 Å². The first-order valence-corrected chi connectivity index (χ1v) is 6.78. The number of hydrogen-bond acceptors (Lipinski definition) is 3. The number of halogens is 1. The van der Waals surface area contributed by atoms with Gasteiger partial charge in [0, 0.05) is 12.2 Å². The normalized spacial score (nSPS) is 12.9. The first-order chi connectivity index (χ1) is 9.06. The van der Waals surface area contributed by atoms with Gasteiger partial charge in [0.15, 0.2) is 0 Å². The van der Waals surface area contributed by atoms with Crippen LogP contribution in [0.5, 0.6) is 0 Å². The van der Waals surface area contributed by atoms with Gasteiger partial charge in [0.05, 0.1) is 22.6 Å². The third-order valence-corrected chi connectivity index (χ3v) is 3.39. The summed E-state index contributed by atoms with van der Waals surface area (Å²) in [6.07, 6.45) is 3.21. The SMILES string of the molecule is CCc1cccnc1C(O)c1c(Cl)cnn1C(C)C. The molecule has 1 N–H and O–H groups in total. The third kappa shape index (κ3) is 2.65. The van der Waals surface area contributed by atoms with Gasteiger partial charge in [-0.05, 0) is 31.9 Å². The van der Waals surface area contributed by atoms with Crippen LogP contribution in [0.25, 0.3) is 0 Å². The molecule has 0 bridgehead atoms. The number of hydrogen-bond donors (Lipinski definition) is 1. The second-order valence-corrected chi connectivity index (χ2v) is 5.13. The maximum Gasteiger partial charge on any atom is 0.139 e. The zero-order valence-electron chi connectivity index (χ0n) is 11.3. The Morgan fingerprint density at radius 3 is 2.79 bits per heavy atom. The standard InChI is InChI=1S/C14H18ClN3O/c1-4-10-6-5-7-16-12(10)14(19)13-11(15)8-17-18(13)9(2)3/h5-9,14,19H,4H2,1-3H3. The van der Waals surface area contributed by atoms with E-state index in [1.54, 1.807) is 17.1 Å². The molecule has 0 fully saturated rings. The number of nitrogens with zero attached hydrogens (tertiary/aromatic N) is 3. The minimum Gasteiger partial charge on any atom is -0.380 e. The van der Waals surface area contributed by atoms with Crippen LogP contribution < -0.4 is 0 Å². The molecule has 19 heavy (non-hydrogen) atoms. The van der Waals surface area contributed by atoms with Gasteiger partial charge in [-0.1, -0.05) is 24.6 Å². The maximum atomic E-state index is 10.6. The van der Waals surface area contributed by atoms with Crippen LogP contribution in [0.2, 0.25) is 5.02 Å². The Balaban J connectivity index is 2.50. The fourth-order valence-corrected chi connectivity index (χ4v) is 2.38. The summed E-state index contributed by atoms with van der Waals surface area (Å²) in [7, 11) is 0. The van der Waals surface area contributed by atoms with Crippen LogP contribution in [0.1, 0.15) is 49.9 Å². The summed E-state index contributed by atoms with van der Waals surface area (Å²) in [5, 5.41) is 15.3. The molecule has 0 aliphatic carbocycles. The van der Waals surface area contributed by atoms with Crippen molar-refractivity contribution in [1.82, 2.24) is 14.8 Å². The van der Waals surface area contributed by atoms with Gasteiger partial charge in [0.25, 0.3) is 0 Å². The third-order valence-electron chi connectivity index (χ3n) is 3.10. The average molecular weight is 280 g/mol. The molecular formula is C14H18ClN3O. The number of aliphatic hydroxyl groups excluding tert-OH is 1. The van der Waals surface area contributed by atoms with Gasteiger partial charge in [-0.15, -0.1) is 0 Å². The molecule has 102 valence electrons. The van der Waals surface area contributed by atoms with Gasteiger partial charge in [0.2, 0.25) is 0 Å². The molecule has 0 aromatic carbocycles. The molecule has 0 saturated carbocycles. The Kier molecular flexibility index (Phi) is 4.22. The lowest BCUT2D eigenvalue weighted by Gasteiger charge is -2.18. The molecule has 0 radical (unpaired) electrons. The molecule has 2 aromatic heterocycles. The van der Waals surface area contributed by atoms with Gasteiger partial charge in [-0.2, -0.15) is 5.10 Å². The Morgan fingerprint density at radius 1 is 1.42 bits per heavy atom. The zero-order chi connectivity index (χ0) is 14.0. The Labute approximate surface area is 118 Å². The van der Waals surface area contributed by atoms with Crippen LogP contribution in [0, 0.1) is 0 Å². The van der Waals surface area contributed by atoms with E-state index >= 15 is 0 Å². The average Bonchev–Trinajstić information content (AvgIpc) is 2.80. The van der Waals surface area contributed by atoms with Crippen molar-refractivity contribution in [1.29, 1.82) is 0 Å². The highest BCUT2D eigenvalue weighted by atomic mass is 35.5. The number of pyridine rings is 1. The molecule has 2 aromatic rings. The summed E-state index contributed by atoms with van der Waals surface area (Å²) >= 11 is 6.16. The van der Waals surface area contributed by atoms with Crippen molar-refractivity contribution in [3.63, 3.8) is 0 Å². The molecular weight excluding hydrogens is 262 g/mol. The van der Waals surface area contributed by atoms with E-state index in [0.29, 0.717) is 16.4 Å². The lowest BCUT2D eigenvalue weighted by molar-refractivity contribution is 0.199. The molecule has 2 heterocycles. The summed E-state index contributed by atoms with van der Waals surface area (Å²) in [5.74, 6) is 0. The molecule has 1 unspecified atom stereocenters. The van der Waals surface area contributed by atoms with Crippen molar-refractivity contribution in [2.75, 3.05) is 0 Å². The number of aliphatic hydroxyl groups is 1. The van der Waals surface area contributed by atoms with Crippen LogP contribution >= 0.6 is 11.6 Å². The van der Waals surface area contributed by atoms with Crippen LogP contribution in [0.3, 0.4) is 0 Å². The van der Waals surface area contributed by atoms with Gasteiger partial charge in [0.1, 0.15) is 6.10 Å². The van der Waals surface area contributed by atoms with Gasteiger partial charge >= 0.3 is 0 Å². The predicted octanol–water partition coefficient (Wildman–Crippen LogP) is 3.16. The molecule has 0 spiro atoms. The van der Waals surface area contributed by atoms with E-state index in [1.807, 2.05) is 32.9 Å². The van der Waals surface area contributed by atoms with E-state index in [0.717, 1.165) is 12.0 Å². The van der Waals surface area contributed by atoms with Crippen molar-refractivity contribution in [2.24, 2.45) is 0 Å². The van der Waals surface area contributed by atoms with E-state index in [-0.39, 0.29) is 6.04 Å². The Hall–Kier alpha value is -1.39. The monoisotopic (exact) mass is 279 g/mol. The second-order valence-electron chi connectivity index (χ2n) is 4.72. The summed E-state index contributed by atoms with van der Waals surface area (Å²) < 4.78 is 1.74. The second kappa shape index (κ2) is 5.72. The van der Waals surface area contributed by atoms with Crippen molar-refractivity contribution in [3.8, 4) is 0 Å². The summed E-state index contributed by atoms with van der Waals surface area (Å²) in [6.45, 7) is 6.03. The number of aromatic nitrogens is 3. The topological polar surface area (TPSA) is 50.9 Å². The van der Waals surface area contributed by atoms with E-state index in [1.165, 1.54) is 0 Å². The quantitative estimate of drug-likeness (QED) is 0.935. The summed E-state index contributed by atoms with van der Waals surface area (Å²) in [5.41, 5.74) is 2.27. The largest absolute Gasteiger partial charge is 0.380 e. The zero-order valence-corrected chi connectivity index (χ0v) is 12.1. The molecule has 5 heteroatoms. The lowest BCUT2D eigenvalue weighted by atomic mass is 10.0. The highest BCUT2D eigenvalue weighted by Crippen LogP contribution is 2.30. The van der Waals surface area contributed by atoms with E-state index in [4.69, 9.17) is 11.6 Å². The van der Waals surface area contributed by atoms with E-state index in [2.05, 4.69) is 10.1 Å². The number of aryl methyl sites for hydroxylation is 1. The molecule has 0 aliphatic rings. The fourth-order valence-electron chi connectivity index (χ4n) is 2.14. The highest BCUT2D eigenvalue weighted by Gasteiger charge is 2.23. The van der Waals surface area contributed by atoms with Crippen molar-refractivity contribution in [3.05, 3.63) is 46.5 Å². The minimum atomic E-state index is -0.853. The molecule has 1 atom stereocenters. The van der Waals surface area contributed by atoms with Crippen molar-refractivity contribution < 1.29 is 5.11 Å². The number of rotatable bonds is 4. The fraction of sp³-hybridized carbons (Fsp3) is 0.429.